The van der Waals surface area contributed by atoms with Gasteiger partial charge >= 0.3 is 0 Å². The van der Waals surface area contributed by atoms with E-state index in [9.17, 15) is 9.18 Å². The van der Waals surface area contributed by atoms with Gasteiger partial charge in [-0.05, 0) is 37.3 Å². The molecule has 0 aliphatic heterocycles. The van der Waals surface area contributed by atoms with Gasteiger partial charge in [-0.25, -0.2) is 4.39 Å². The van der Waals surface area contributed by atoms with Crippen LogP contribution in [0, 0.1) is 5.82 Å². The number of nitrogens with zero attached hydrogens (tertiary/aromatic N) is 1. The Morgan fingerprint density at radius 2 is 2.00 bits per heavy atom. The molecule has 1 amide bonds. The molecular weight excluding hydrogens is 375 g/mol. The van der Waals surface area contributed by atoms with Crippen LogP contribution in [0.4, 0.5) is 10.1 Å². The Balaban J connectivity index is 1.65. The number of methoxy groups -OCH3 is 1. The molecule has 1 atom stereocenters. The number of rotatable bonds is 8. The molecule has 29 heavy (non-hydrogen) atoms. The topological polar surface area (TPSA) is 69.7 Å². The highest BCUT2D eigenvalue weighted by molar-refractivity contribution is 5.94. The first kappa shape index (κ1) is 20.1. The summed E-state index contributed by atoms with van der Waals surface area (Å²) >= 11 is 0. The van der Waals surface area contributed by atoms with Crippen molar-refractivity contribution < 1.29 is 23.4 Å². The van der Waals surface area contributed by atoms with Crippen LogP contribution in [-0.2, 0) is 11.4 Å². The van der Waals surface area contributed by atoms with Crippen LogP contribution in [0.2, 0.25) is 0 Å². The summed E-state index contributed by atoms with van der Waals surface area (Å²) in [6.45, 7) is 1.89. The third-order valence-corrected chi connectivity index (χ3v) is 4.03. The number of benzene rings is 2. The molecule has 1 unspecified atom stereocenters. The zero-order valence-corrected chi connectivity index (χ0v) is 16.1. The normalized spacial score (nSPS) is 11.4. The molecule has 2 aromatic carbocycles. The first-order valence-corrected chi connectivity index (χ1v) is 8.98. The Kier molecular flexibility index (Phi) is 6.63. The first-order valence-electron chi connectivity index (χ1n) is 8.98. The quantitative estimate of drug-likeness (QED) is 0.618. The number of halogens is 1. The van der Waals surface area contributed by atoms with Crippen LogP contribution in [0.25, 0.3) is 0 Å². The van der Waals surface area contributed by atoms with Gasteiger partial charge in [-0.2, -0.15) is 0 Å². The fourth-order valence-electron chi connectivity index (χ4n) is 2.55. The number of pyridine rings is 1. The fraction of sp³-hybridized carbons (Fsp3) is 0.182. The van der Waals surface area contributed by atoms with E-state index in [1.807, 2.05) is 12.1 Å². The average Bonchev–Trinajstić information content (AvgIpc) is 2.73. The summed E-state index contributed by atoms with van der Waals surface area (Å²) in [4.78, 5) is 16.5. The van der Waals surface area contributed by atoms with E-state index >= 15 is 0 Å². The molecule has 1 aromatic heterocycles. The number of hydrogen-bond acceptors (Lipinski definition) is 5. The minimum absolute atomic E-state index is 0.280. The lowest BCUT2D eigenvalue weighted by Crippen LogP contribution is -2.30. The van der Waals surface area contributed by atoms with Crippen molar-refractivity contribution in [1.82, 2.24) is 4.98 Å². The van der Waals surface area contributed by atoms with Gasteiger partial charge in [-0.15, -0.1) is 0 Å². The van der Waals surface area contributed by atoms with Crippen LogP contribution < -0.4 is 19.5 Å². The van der Waals surface area contributed by atoms with E-state index in [0.29, 0.717) is 23.8 Å². The van der Waals surface area contributed by atoms with Gasteiger partial charge in [0.25, 0.3) is 5.91 Å². The second-order valence-electron chi connectivity index (χ2n) is 6.22. The Bertz CT molecular complexity index is 966. The van der Waals surface area contributed by atoms with Gasteiger partial charge < -0.3 is 19.5 Å². The Labute approximate surface area is 168 Å². The molecule has 1 N–H and O–H groups in total. The van der Waals surface area contributed by atoms with Crippen molar-refractivity contribution in [3.63, 3.8) is 0 Å². The molecule has 0 radical (unpaired) electrons. The number of hydrogen-bond donors (Lipinski definition) is 1. The molecule has 6 nitrogen and oxygen atoms in total. The summed E-state index contributed by atoms with van der Waals surface area (Å²) in [6, 6.07) is 14.4. The summed E-state index contributed by atoms with van der Waals surface area (Å²) in [7, 11) is 1.54. The predicted molar refractivity (Wildman–Crippen MR) is 107 cm³/mol. The van der Waals surface area contributed by atoms with Crippen LogP contribution >= 0.6 is 0 Å². The van der Waals surface area contributed by atoms with Crippen molar-refractivity contribution in [2.24, 2.45) is 0 Å². The molecule has 3 aromatic rings. The minimum atomic E-state index is -0.821. The molecule has 1 heterocycles. The van der Waals surface area contributed by atoms with Crippen LogP contribution in [0.5, 0.6) is 17.2 Å². The van der Waals surface area contributed by atoms with Crippen molar-refractivity contribution in [1.29, 1.82) is 0 Å². The second-order valence-corrected chi connectivity index (χ2v) is 6.22. The van der Waals surface area contributed by atoms with Crippen molar-refractivity contribution in [3.05, 3.63) is 78.4 Å². The van der Waals surface area contributed by atoms with E-state index in [4.69, 9.17) is 14.2 Å². The number of carbonyl (C=O) groups excluding carboxylic acids is 1. The maximum Gasteiger partial charge on any atom is 0.265 e. The third-order valence-electron chi connectivity index (χ3n) is 4.03. The van der Waals surface area contributed by atoms with E-state index in [2.05, 4.69) is 10.3 Å². The zero-order chi connectivity index (χ0) is 20.6. The standard InChI is InChI=1S/C22H21FN2O4/c1-15(29-19-7-3-6-17(23)11-19)22(26)25-18-8-9-20(27-2)21(12-18)28-14-16-5-4-10-24-13-16/h3-13,15H,14H2,1-2H3,(H,25,26). The lowest BCUT2D eigenvalue weighted by molar-refractivity contribution is -0.122. The highest BCUT2D eigenvalue weighted by Crippen LogP contribution is 2.31. The van der Waals surface area contributed by atoms with Gasteiger partial charge in [-0.3, -0.25) is 9.78 Å². The lowest BCUT2D eigenvalue weighted by atomic mass is 10.2. The maximum absolute atomic E-state index is 13.3. The summed E-state index contributed by atoms with van der Waals surface area (Å²) < 4.78 is 29.9. The van der Waals surface area contributed by atoms with Gasteiger partial charge in [-0.1, -0.05) is 12.1 Å². The molecule has 150 valence electrons. The van der Waals surface area contributed by atoms with E-state index in [1.54, 1.807) is 50.7 Å². The third kappa shape index (κ3) is 5.68. The lowest BCUT2D eigenvalue weighted by Gasteiger charge is -2.16. The van der Waals surface area contributed by atoms with Crippen LogP contribution in [0.1, 0.15) is 12.5 Å². The highest BCUT2D eigenvalue weighted by atomic mass is 19.1. The zero-order valence-electron chi connectivity index (χ0n) is 16.1. The van der Waals surface area contributed by atoms with Gasteiger partial charge in [0.15, 0.2) is 17.6 Å². The van der Waals surface area contributed by atoms with Gasteiger partial charge in [0.1, 0.15) is 18.2 Å². The monoisotopic (exact) mass is 396 g/mol. The number of anilines is 1. The summed E-state index contributed by atoms with van der Waals surface area (Å²) in [5.41, 5.74) is 1.42. The number of carbonyl (C=O) groups is 1. The molecular formula is C22H21FN2O4. The van der Waals surface area contributed by atoms with E-state index < -0.39 is 11.9 Å². The molecule has 0 aliphatic rings. The van der Waals surface area contributed by atoms with Crippen molar-refractivity contribution in [3.8, 4) is 17.2 Å². The number of nitrogens with one attached hydrogen (secondary N) is 1. The van der Waals surface area contributed by atoms with E-state index in [0.717, 1.165) is 5.56 Å². The Morgan fingerprint density at radius 3 is 2.72 bits per heavy atom. The maximum atomic E-state index is 13.3. The molecule has 0 bridgehead atoms. The number of aromatic nitrogens is 1. The van der Waals surface area contributed by atoms with Crippen molar-refractivity contribution in [2.45, 2.75) is 19.6 Å². The van der Waals surface area contributed by atoms with Crippen molar-refractivity contribution in [2.75, 3.05) is 12.4 Å². The van der Waals surface area contributed by atoms with E-state index in [-0.39, 0.29) is 11.7 Å². The molecule has 0 saturated heterocycles. The number of amides is 1. The van der Waals surface area contributed by atoms with Crippen molar-refractivity contribution >= 4 is 11.6 Å². The highest BCUT2D eigenvalue weighted by Gasteiger charge is 2.16. The summed E-state index contributed by atoms with van der Waals surface area (Å²) in [5.74, 6) is 0.491. The smallest absolute Gasteiger partial charge is 0.265 e. The Hall–Kier alpha value is -3.61. The molecule has 7 heteroatoms. The SMILES string of the molecule is COc1ccc(NC(=O)C(C)Oc2cccc(F)c2)cc1OCc1cccnc1. The predicted octanol–water partition coefficient (Wildman–Crippen LogP) is 4.21. The first-order chi connectivity index (χ1) is 14.0. The summed E-state index contributed by atoms with van der Waals surface area (Å²) in [5, 5.41) is 2.76. The van der Waals surface area contributed by atoms with Gasteiger partial charge in [0.05, 0.1) is 7.11 Å². The largest absolute Gasteiger partial charge is 0.493 e. The van der Waals surface area contributed by atoms with Gasteiger partial charge in [0.2, 0.25) is 0 Å². The number of ether oxygens (including phenoxy) is 3. The second kappa shape index (κ2) is 9.54. The molecule has 0 fully saturated rings. The molecule has 0 aliphatic carbocycles. The van der Waals surface area contributed by atoms with Gasteiger partial charge in [0, 0.05) is 35.8 Å². The summed E-state index contributed by atoms with van der Waals surface area (Å²) in [6.07, 6.45) is 2.58. The molecule has 0 spiro atoms. The minimum Gasteiger partial charge on any atom is -0.493 e. The van der Waals surface area contributed by atoms with Crippen LogP contribution in [0.15, 0.2) is 67.0 Å². The average molecular weight is 396 g/mol. The molecule has 0 saturated carbocycles. The molecule has 3 rings (SSSR count). The van der Waals surface area contributed by atoms with Crippen LogP contribution in [0.3, 0.4) is 0 Å². The van der Waals surface area contributed by atoms with Crippen LogP contribution in [-0.4, -0.2) is 24.1 Å². The Morgan fingerprint density at radius 1 is 1.14 bits per heavy atom. The fourth-order valence-corrected chi connectivity index (χ4v) is 2.55. The van der Waals surface area contributed by atoms with E-state index in [1.165, 1.54) is 18.2 Å².